The first-order valence-corrected chi connectivity index (χ1v) is 11.5. The summed E-state index contributed by atoms with van der Waals surface area (Å²) in [6.07, 6.45) is -1.10. The summed E-state index contributed by atoms with van der Waals surface area (Å²) in [5.74, 6) is -1.25. The predicted molar refractivity (Wildman–Crippen MR) is 128 cm³/mol. The van der Waals surface area contributed by atoms with E-state index in [1.807, 2.05) is 65.2 Å². The fourth-order valence-corrected chi connectivity index (χ4v) is 3.89. The van der Waals surface area contributed by atoms with Crippen LogP contribution in [0.2, 0.25) is 0 Å². The molecule has 7 nitrogen and oxygen atoms in total. The Kier molecular flexibility index (Phi) is 7.34. The first-order valence-electron chi connectivity index (χ1n) is 10.5. The van der Waals surface area contributed by atoms with Crippen molar-refractivity contribution in [3.05, 3.63) is 90.7 Å². The van der Waals surface area contributed by atoms with Crippen LogP contribution in [0.4, 0.5) is 10.1 Å². The number of carbonyl (C=O) groups excluding carboxylic acids is 2. The molecule has 1 unspecified atom stereocenters. The molecule has 1 atom stereocenters. The van der Waals surface area contributed by atoms with Crippen LogP contribution in [0.5, 0.6) is 0 Å². The molecule has 0 aliphatic rings. The molecule has 3 aromatic carbocycles. The smallest absolute Gasteiger partial charge is 0.317 e. The molecule has 0 spiro atoms. The Morgan fingerprint density at radius 2 is 1.62 bits per heavy atom. The number of benzene rings is 3. The number of aromatic nitrogens is 3. The quantitative estimate of drug-likeness (QED) is 0.292. The monoisotopic (exact) mass is 476 g/mol. The lowest BCUT2D eigenvalue weighted by molar-refractivity contribution is -0.150. The van der Waals surface area contributed by atoms with Crippen LogP contribution in [-0.2, 0) is 14.3 Å². The van der Waals surface area contributed by atoms with Gasteiger partial charge in [-0.05, 0) is 31.2 Å². The van der Waals surface area contributed by atoms with E-state index in [1.165, 1.54) is 25.1 Å². The Bertz CT molecular complexity index is 1280. The summed E-state index contributed by atoms with van der Waals surface area (Å²) < 4.78 is 20.8. The maximum Gasteiger partial charge on any atom is 0.317 e. The van der Waals surface area contributed by atoms with Crippen molar-refractivity contribution in [2.75, 3.05) is 11.1 Å². The average Bonchev–Trinajstić information content (AvgIpc) is 3.29. The second-order valence-corrected chi connectivity index (χ2v) is 8.18. The molecule has 1 N–H and O–H groups in total. The molecule has 1 amide bonds. The molecule has 0 radical (unpaired) electrons. The Morgan fingerprint density at radius 3 is 2.32 bits per heavy atom. The van der Waals surface area contributed by atoms with Gasteiger partial charge in [0.05, 0.1) is 11.4 Å². The van der Waals surface area contributed by atoms with Crippen molar-refractivity contribution in [1.29, 1.82) is 0 Å². The van der Waals surface area contributed by atoms with E-state index >= 15 is 0 Å². The number of amides is 1. The van der Waals surface area contributed by atoms with Gasteiger partial charge in [-0.25, -0.2) is 4.39 Å². The first kappa shape index (κ1) is 23.2. The van der Waals surface area contributed by atoms with Gasteiger partial charge >= 0.3 is 5.97 Å². The van der Waals surface area contributed by atoms with Crippen LogP contribution in [0.3, 0.4) is 0 Å². The summed E-state index contributed by atoms with van der Waals surface area (Å²) in [7, 11) is 0. The lowest BCUT2D eigenvalue weighted by Gasteiger charge is -2.14. The third-order valence-corrected chi connectivity index (χ3v) is 5.71. The van der Waals surface area contributed by atoms with Gasteiger partial charge in [0.1, 0.15) is 5.82 Å². The molecular formula is C25H21FN4O3S. The molecule has 4 aromatic rings. The molecule has 4 rings (SSSR count). The molecule has 1 heterocycles. The van der Waals surface area contributed by atoms with E-state index in [0.29, 0.717) is 11.0 Å². The highest BCUT2D eigenvalue weighted by Gasteiger charge is 2.21. The van der Waals surface area contributed by atoms with E-state index in [0.717, 1.165) is 23.0 Å². The third kappa shape index (κ3) is 5.49. The number of nitrogens with zero attached hydrogens (tertiary/aromatic N) is 3. The molecule has 0 saturated heterocycles. The first-order chi connectivity index (χ1) is 16.5. The Labute approximate surface area is 200 Å². The second kappa shape index (κ2) is 10.8. The summed E-state index contributed by atoms with van der Waals surface area (Å²) in [6, 6.07) is 25.0. The minimum atomic E-state index is -1.10. The number of esters is 1. The van der Waals surface area contributed by atoms with E-state index < -0.39 is 23.8 Å². The van der Waals surface area contributed by atoms with E-state index in [2.05, 4.69) is 15.5 Å². The van der Waals surface area contributed by atoms with Gasteiger partial charge in [-0.1, -0.05) is 72.4 Å². The average molecular weight is 477 g/mol. The lowest BCUT2D eigenvalue weighted by Crippen LogP contribution is -2.30. The minimum Gasteiger partial charge on any atom is -0.452 e. The van der Waals surface area contributed by atoms with Gasteiger partial charge in [-0.2, -0.15) is 0 Å². The molecule has 0 aliphatic carbocycles. The number of nitrogens with one attached hydrogen (secondary N) is 1. The summed E-state index contributed by atoms with van der Waals surface area (Å²) in [4.78, 5) is 24.7. The topological polar surface area (TPSA) is 86.1 Å². The van der Waals surface area contributed by atoms with Gasteiger partial charge < -0.3 is 10.1 Å². The van der Waals surface area contributed by atoms with Crippen LogP contribution in [0.25, 0.3) is 17.1 Å². The fourth-order valence-electron chi connectivity index (χ4n) is 3.15. The third-order valence-electron chi connectivity index (χ3n) is 4.81. The van der Waals surface area contributed by atoms with Crippen LogP contribution in [-0.4, -0.2) is 38.5 Å². The zero-order chi connectivity index (χ0) is 23.9. The predicted octanol–water partition coefficient (Wildman–Crippen LogP) is 4.74. The van der Waals surface area contributed by atoms with Gasteiger partial charge in [0.25, 0.3) is 5.91 Å². The molecule has 34 heavy (non-hydrogen) atoms. The van der Waals surface area contributed by atoms with E-state index in [9.17, 15) is 14.0 Å². The van der Waals surface area contributed by atoms with Crippen molar-refractivity contribution in [3.63, 3.8) is 0 Å². The number of thioether (sulfide) groups is 1. The maximum atomic E-state index is 13.7. The Morgan fingerprint density at radius 1 is 0.971 bits per heavy atom. The number of halogens is 1. The standard InChI is InChI=1S/C25H21FN4O3S/c1-17(24(32)27-21-15-9-8-14-20(21)26)33-22(31)16-34-25-29-28-23(18-10-4-2-5-11-18)30(25)19-12-6-3-7-13-19/h2-15,17H,16H2,1H3,(H,27,32). The van der Waals surface area contributed by atoms with Gasteiger partial charge in [0.15, 0.2) is 17.1 Å². The van der Waals surface area contributed by atoms with Crippen molar-refractivity contribution in [1.82, 2.24) is 14.8 Å². The van der Waals surface area contributed by atoms with E-state index in [1.54, 1.807) is 6.07 Å². The molecule has 0 aliphatic heterocycles. The highest BCUT2D eigenvalue weighted by molar-refractivity contribution is 7.99. The Hall–Kier alpha value is -3.98. The molecule has 1 aromatic heterocycles. The summed E-state index contributed by atoms with van der Waals surface area (Å²) in [5, 5.41) is 11.5. The number of ether oxygens (including phenoxy) is 1. The van der Waals surface area contributed by atoms with Crippen LogP contribution in [0.15, 0.2) is 90.1 Å². The number of carbonyl (C=O) groups is 2. The minimum absolute atomic E-state index is 0.0224. The summed E-state index contributed by atoms with van der Waals surface area (Å²) >= 11 is 1.15. The maximum absolute atomic E-state index is 13.7. The number of para-hydroxylation sites is 2. The van der Waals surface area contributed by atoms with Crippen LogP contribution in [0.1, 0.15) is 6.92 Å². The SMILES string of the molecule is CC(OC(=O)CSc1nnc(-c2ccccc2)n1-c1ccccc1)C(=O)Nc1ccccc1F. The number of hydrogen-bond donors (Lipinski definition) is 1. The molecule has 0 fully saturated rings. The van der Waals surface area contributed by atoms with Crippen LogP contribution in [0, 0.1) is 5.82 Å². The van der Waals surface area contributed by atoms with Crippen molar-refractivity contribution in [2.45, 2.75) is 18.2 Å². The molecule has 0 bridgehead atoms. The highest BCUT2D eigenvalue weighted by atomic mass is 32.2. The lowest BCUT2D eigenvalue weighted by atomic mass is 10.2. The normalized spacial score (nSPS) is 11.6. The van der Waals surface area contributed by atoms with Crippen LogP contribution < -0.4 is 5.32 Å². The highest BCUT2D eigenvalue weighted by Crippen LogP contribution is 2.28. The van der Waals surface area contributed by atoms with Crippen molar-refractivity contribution in [2.24, 2.45) is 0 Å². The van der Waals surface area contributed by atoms with Gasteiger partial charge in [0, 0.05) is 11.3 Å². The van der Waals surface area contributed by atoms with Crippen molar-refractivity contribution < 1.29 is 18.7 Å². The number of anilines is 1. The second-order valence-electron chi connectivity index (χ2n) is 7.23. The molecule has 172 valence electrons. The number of hydrogen-bond acceptors (Lipinski definition) is 6. The number of rotatable bonds is 8. The Balaban J connectivity index is 1.44. The van der Waals surface area contributed by atoms with Gasteiger partial charge in [-0.15, -0.1) is 10.2 Å². The van der Waals surface area contributed by atoms with Crippen molar-refractivity contribution >= 4 is 29.3 Å². The van der Waals surface area contributed by atoms with E-state index in [4.69, 9.17) is 4.74 Å². The molecular weight excluding hydrogens is 455 g/mol. The van der Waals surface area contributed by atoms with Gasteiger partial charge in [0.2, 0.25) is 0 Å². The summed E-state index contributed by atoms with van der Waals surface area (Å²) in [6.45, 7) is 1.43. The van der Waals surface area contributed by atoms with E-state index in [-0.39, 0.29) is 11.4 Å². The largest absolute Gasteiger partial charge is 0.452 e. The zero-order valence-corrected chi connectivity index (χ0v) is 19.0. The fraction of sp³-hybridized carbons (Fsp3) is 0.120. The van der Waals surface area contributed by atoms with Crippen LogP contribution >= 0.6 is 11.8 Å². The zero-order valence-electron chi connectivity index (χ0n) is 18.2. The molecule has 9 heteroatoms. The molecule has 0 saturated carbocycles. The van der Waals surface area contributed by atoms with Crippen molar-refractivity contribution in [3.8, 4) is 17.1 Å². The van der Waals surface area contributed by atoms with Gasteiger partial charge in [-0.3, -0.25) is 14.2 Å². The summed E-state index contributed by atoms with van der Waals surface area (Å²) in [5.41, 5.74) is 1.75.